The number of ketones is 1. The molecule has 3 aliphatic rings. The molecule has 11 heteroatoms. The van der Waals surface area contributed by atoms with Crippen LogP contribution in [0.1, 0.15) is 65.7 Å². The van der Waals surface area contributed by atoms with Crippen molar-refractivity contribution in [3.8, 4) is 0 Å². The van der Waals surface area contributed by atoms with Crippen molar-refractivity contribution in [1.82, 2.24) is 20.5 Å². The first-order valence-electron chi connectivity index (χ1n) is 12.6. The van der Waals surface area contributed by atoms with Crippen molar-refractivity contribution < 1.29 is 23.9 Å². The van der Waals surface area contributed by atoms with Crippen molar-refractivity contribution in [2.45, 2.75) is 77.4 Å². The summed E-state index contributed by atoms with van der Waals surface area (Å²) < 4.78 is 5.46. The van der Waals surface area contributed by atoms with Crippen molar-refractivity contribution in [3.63, 3.8) is 0 Å². The highest BCUT2D eigenvalue weighted by molar-refractivity contribution is 8.14. The Morgan fingerprint density at radius 2 is 1.69 bits per heavy atom. The van der Waals surface area contributed by atoms with E-state index in [0.29, 0.717) is 31.1 Å². The van der Waals surface area contributed by atoms with Gasteiger partial charge in [0, 0.05) is 38.4 Å². The van der Waals surface area contributed by atoms with Crippen molar-refractivity contribution in [2.75, 3.05) is 32.4 Å². The van der Waals surface area contributed by atoms with Crippen molar-refractivity contribution in [3.05, 3.63) is 0 Å². The summed E-state index contributed by atoms with van der Waals surface area (Å²) in [7, 11) is 1.87. The van der Waals surface area contributed by atoms with Crippen LogP contribution in [0.3, 0.4) is 0 Å². The number of likely N-dealkylation sites (tertiary alicyclic amines) is 1. The molecule has 3 fully saturated rings. The Morgan fingerprint density at radius 1 is 1.03 bits per heavy atom. The lowest BCUT2D eigenvalue weighted by Crippen LogP contribution is -2.55. The molecule has 2 saturated heterocycles. The maximum atomic E-state index is 13.2. The molecule has 0 aromatic heterocycles. The summed E-state index contributed by atoms with van der Waals surface area (Å²) >= 11 is 1.51. The first-order valence-corrected chi connectivity index (χ1v) is 13.6. The third kappa shape index (κ3) is 7.85. The molecule has 2 heterocycles. The number of piperidine rings is 1. The van der Waals surface area contributed by atoms with Crippen LogP contribution in [0.15, 0.2) is 5.10 Å². The topological polar surface area (TPSA) is 120 Å². The first-order chi connectivity index (χ1) is 16.5. The lowest BCUT2D eigenvalue weighted by atomic mass is 9.84. The third-order valence-electron chi connectivity index (χ3n) is 6.68. The van der Waals surface area contributed by atoms with Gasteiger partial charge in [-0.2, -0.15) is 0 Å². The second kappa shape index (κ2) is 12.1. The zero-order valence-corrected chi connectivity index (χ0v) is 22.1. The van der Waals surface area contributed by atoms with Crippen molar-refractivity contribution in [1.29, 1.82) is 0 Å². The summed E-state index contributed by atoms with van der Waals surface area (Å²) in [6.07, 6.45) is 5.28. The van der Waals surface area contributed by atoms with Gasteiger partial charge in [-0.15, -0.1) is 5.10 Å². The van der Waals surface area contributed by atoms with E-state index in [0.717, 1.165) is 44.4 Å². The van der Waals surface area contributed by atoms with E-state index in [-0.39, 0.29) is 17.7 Å². The monoisotopic (exact) mass is 509 g/mol. The number of hydrazone groups is 1. The Hall–Kier alpha value is -2.30. The van der Waals surface area contributed by atoms with Gasteiger partial charge in [0.1, 0.15) is 11.6 Å². The number of amidine groups is 1. The van der Waals surface area contributed by atoms with Gasteiger partial charge in [0.05, 0.1) is 0 Å². The largest absolute Gasteiger partial charge is 0.444 e. The minimum Gasteiger partial charge on any atom is -0.444 e. The Kier molecular flexibility index (Phi) is 9.43. The molecule has 0 spiro atoms. The van der Waals surface area contributed by atoms with Crippen molar-refractivity contribution >= 4 is 40.6 Å². The quantitative estimate of drug-likeness (QED) is 0.416. The maximum Gasteiger partial charge on any atom is 0.410 e. The fourth-order valence-corrected chi connectivity index (χ4v) is 5.64. The number of nitrogens with one attached hydrogen (secondary N) is 2. The van der Waals surface area contributed by atoms with E-state index in [1.54, 1.807) is 4.90 Å². The molecule has 2 N–H and O–H groups in total. The summed E-state index contributed by atoms with van der Waals surface area (Å²) in [5.41, 5.74) is 1.79. The molecule has 10 nitrogen and oxygen atoms in total. The molecule has 1 aliphatic carbocycles. The van der Waals surface area contributed by atoms with Crippen LogP contribution in [0.4, 0.5) is 4.79 Å². The van der Waals surface area contributed by atoms with Crippen LogP contribution in [0.25, 0.3) is 0 Å². The SMILES string of the molecule is CN1CCSC1=NNC(=O)C(=O)C(NC(=O)C1CCCCC1)C1CCN(C(=O)OC(C)(C)C)CC1. The minimum absolute atomic E-state index is 0.132. The number of carbonyl (C=O) groups excluding carboxylic acids is 4. The molecule has 0 aromatic carbocycles. The fraction of sp³-hybridized carbons (Fsp3) is 0.792. The molecule has 1 unspecified atom stereocenters. The highest BCUT2D eigenvalue weighted by Gasteiger charge is 2.38. The molecule has 3 amide bonds. The molecule has 1 saturated carbocycles. The predicted molar refractivity (Wildman–Crippen MR) is 135 cm³/mol. The lowest BCUT2D eigenvalue weighted by molar-refractivity contribution is -0.142. The van der Waals surface area contributed by atoms with Crippen molar-refractivity contribution in [2.24, 2.45) is 16.9 Å². The molecule has 0 radical (unpaired) electrons. The molecule has 2 aliphatic heterocycles. The van der Waals surface area contributed by atoms with Crippen LogP contribution in [0.2, 0.25) is 0 Å². The number of rotatable bonds is 6. The highest BCUT2D eigenvalue weighted by atomic mass is 32.2. The number of hydrogen-bond acceptors (Lipinski definition) is 7. The summed E-state index contributed by atoms with van der Waals surface area (Å²) in [5, 5.41) is 7.65. The average Bonchev–Trinajstić information content (AvgIpc) is 3.24. The summed E-state index contributed by atoms with van der Waals surface area (Å²) in [6, 6.07) is -0.945. The summed E-state index contributed by atoms with van der Waals surface area (Å²) in [5.74, 6) is -1.21. The van der Waals surface area contributed by atoms with Gasteiger partial charge in [-0.3, -0.25) is 14.4 Å². The Bertz CT molecular complexity index is 829. The Labute approximate surface area is 211 Å². The Balaban J connectivity index is 1.66. The molecule has 0 aromatic rings. The molecule has 3 rings (SSSR count). The fourth-order valence-electron chi connectivity index (χ4n) is 4.67. The number of amides is 3. The van der Waals surface area contributed by atoms with Gasteiger partial charge < -0.3 is 19.9 Å². The Morgan fingerprint density at radius 3 is 2.26 bits per heavy atom. The number of carbonyl (C=O) groups is 4. The number of Topliss-reactive ketones (excluding diaryl/α,β-unsaturated/α-hetero) is 1. The zero-order valence-electron chi connectivity index (χ0n) is 21.3. The molecular weight excluding hydrogens is 470 g/mol. The number of ether oxygens (including phenoxy) is 1. The van der Waals surface area contributed by atoms with E-state index in [9.17, 15) is 19.2 Å². The zero-order chi connectivity index (χ0) is 25.6. The summed E-state index contributed by atoms with van der Waals surface area (Å²) in [4.78, 5) is 54.9. The number of hydrogen-bond donors (Lipinski definition) is 2. The molecule has 0 bridgehead atoms. The molecular formula is C24H39N5O5S. The average molecular weight is 510 g/mol. The van der Waals surface area contributed by atoms with Gasteiger partial charge >= 0.3 is 12.0 Å². The van der Waals surface area contributed by atoms with Gasteiger partial charge in [-0.1, -0.05) is 31.0 Å². The number of nitrogens with zero attached hydrogens (tertiary/aromatic N) is 3. The van der Waals surface area contributed by atoms with E-state index < -0.39 is 29.4 Å². The van der Waals surface area contributed by atoms with Gasteiger partial charge in [-0.25, -0.2) is 10.2 Å². The van der Waals surface area contributed by atoms with Gasteiger partial charge in [-0.05, 0) is 52.4 Å². The smallest absolute Gasteiger partial charge is 0.410 e. The molecule has 35 heavy (non-hydrogen) atoms. The summed E-state index contributed by atoms with van der Waals surface area (Å²) in [6.45, 7) is 7.07. The van der Waals surface area contributed by atoms with Crippen LogP contribution >= 0.6 is 11.8 Å². The van der Waals surface area contributed by atoms with Crippen LogP contribution < -0.4 is 10.7 Å². The third-order valence-corrected chi connectivity index (χ3v) is 7.73. The van der Waals surface area contributed by atoms with E-state index in [1.807, 2.05) is 32.7 Å². The predicted octanol–water partition coefficient (Wildman–Crippen LogP) is 2.33. The van der Waals surface area contributed by atoms with Gasteiger partial charge in [0.2, 0.25) is 11.7 Å². The number of thioether (sulfide) groups is 1. The molecule has 1 atom stereocenters. The standard InChI is InChI=1S/C24H39N5O5S/c1-24(2,3)34-23(33)29-12-10-16(11-13-29)18(25-20(31)17-8-6-5-7-9-17)19(30)21(32)26-27-22-28(4)14-15-35-22/h16-18H,5-15H2,1-4H3,(H,25,31)(H,26,32). The molecule has 196 valence electrons. The first kappa shape index (κ1) is 27.3. The lowest BCUT2D eigenvalue weighted by Gasteiger charge is -2.36. The normalized spacial score (nSPS) is 22.1. The van der Waals surface area contributed by atoms with E-state index in [2.05, 4.69) is 15.8 Å². The van der Waals surface area contributed by atoms with E-state index >= 15 is 0 Å². The maximum absolute atomic E-state index is 13.2. The van der Waals surface area contributed by atoms with Gasteiger partial charge in [0.25, 0.3) is 0 Å². The minimum atomic E-state index is -0.945. The van der Waals surface area contributed by atoms with Gasteiger partial charge in [0.15, 0.2) is 5.17 Å². The van der Waals surface area contributed by atoms with Crippen LogP contribution in [0, 0.1) is 11.8 Å². The van der Waals surface area contributed by atoms with Crippen LogP contribution in [-0.4, -0.2) is 82.7 Å². The van der Waals surface area contributed by atoms with Crippen LogP contribution in [0.5, 0.6) is 0 Å². The second-order valence-electron chi connectivity index (χ2n) is 10.6. The van der Waals surface area contributed by atoms with E-state index in [4.69, 9.17) is 4.74 Å². The van der Waals surface area contributed by atoms with Crippen LogP contribution in [-0.2, 0) is 19.1 Å². The highest BCUT2D eigenvalue weighted by Crippen LogP contribution is 2.27. The second-order valence-corrected chi connectivity index (χ2v) is 11.7. The van der Waals surface area contributed by atoms with E-state index in [1.165, 1.54) is 11.8 Å².